The van der Waals surface area contributed by atoms with E-state index in [0.29, 0.717) is 46.5 Å². The molecule has 1 atom stereocenters. The van der Waals surface area contributed by atoms with E-state index in [1.807, 2.05) is 0 Å². The molecule has 1 aromatic heterocycles. The number of carbonyl (C=O) groups excluding carboxylic acids is 2. The van der Waals surface area contributed by atoms with E-state index in [4.69, 9.17) is 14.2 Å². The van der Waals surface area contributed by atoms with Gasteiger partial charge in [-0.2, -0.15) is 0 Å². The van der Waals surface area contributed by atoms with E-state index >= 15 is 0 Å². The summed E-state index contributed by atoms with van der Waals surface area (Å²) in [6.07, 6.45) is 0.0156. The number of hydrogen-bond acceptors (Lipinski definition) is 8. The second kappa shape index (κ2) is 9.95. The van der Waals surface area contributed by atoms with Crippen LogP contribution in [0.25, 0.3) is 10.9 Å². The summed E-state index contributed by atoms with van der Waals surface area (Å²) in [5.41, 5.74) is 0.830. The van der Waals surface area contributed by atoms with E-state index in [9.17, 15) is 14.4 Å². The molecule has 0 spiro atoms. The summed E-state index contributed by atoms with van der Waals surface area (Å²) in [6.45, 7) is 2.77. The van der Waals surface area contributed by atoms with Crippen molar-refractivity contribution in [3.05, 3.63) is 52.8 Å². The first-order chi connectivity index (χ1) is 16.0. The molecule has 0 saturated heterocycles. The third-order valence-corrected chi connectivity index (χ3v) is 6.15. The number of anilines is 1. The molecule has 0 aliphatic carbocycles. The maximum atomic E-state index is 13.1. The van der Waals surface area contributed by atoms with E-state index in [1.54, 1.807) is 49.4 Å². The zero-order valence-corrected chi connectivity index (χ0v) is 19.0. The molecule has 4 rings (SSSR count). The highest BCUT2D eigenvalue weighted by Gasteiger charge is 2.21. The largest absolute Gasteiger partial charge is 0.486 e. The lowest BCUT2D eigenvalue weighted by Crippen LogP contribution is -2.28. The monoisotopic (exact) mass is 469 g/mol. The predicted molar refractivity (Wildman–Crippen MR) is 124 cm³/mol. The first-order valence-electron chi connectivity index (χ1n) is 10.4. The summed E-state index contributed by atoms with van der Waals surface area (Å²) in [7, 11) is 1.30. The number of carbonyl (C=O) groups is 2. The standard InChI is InChI=1S/C23H23N3O6S/c1-14(21(28)24-15-7-8-18-19(13-15)32-12-11-31-18)33-23-25-17-6-4-3-5-16(17)22(29)26(23)10-9-20(27)30-2/h3-8,13-14H,9-12H2,1-2H3,(H,24,28)/t14-/m1/s1. The minimum absolute atomic E-state index is 0.0156. The van der Waals surface area contributed by atoms with E-state index < -0.39 is 11.2 Å². The van der Waals surface area contributed by atoms with Crippen LogP contribution in [0, 0.1) is 0 Å². The Kier molecular flexibility index (Phi) is 6.83. The van der Waals surface area contributed by atoms with Crippen LogP contribution < -0.4 is 20.3 Å². The zero-order valence-electron chi connectivity index (χ0n) is 18.2. The Balaban J connectivity index is 1.55. The van der Waals surface area contributed by atoms with Crippen LogP contribution in [-0.4, -0.2) is 47.0 Å². The van der Waals surface area contributed by atoms with Gasteiger partial charge < -0.3 is 19.5 Å². The molecule has 0 saturated carbocycles. The van der Waals surface area contributed by atoms with Gasteiger partial charge in [0.15, 0.2) is 16.7 Å². The fourth-order valence-corrected chi connectivity index (χ4v) is 4.25. The number of para-hydroxylation sites is 1. The zero-order chi connectivity index (χ0) is 23.4. The van der Waals surface area contributed by atoms with Crippen molar-refractivity contribution in [3.8, 4) is 11.5 Å². The summed E-state index contributed by atoms with van der Waals surface area (Å²) in [6, 6.07) is 12.2. The maximum Gasteiger partial charge on any atom is 0.307 e. The molecule has 1 aliphatic rings. The minimum Gasteiger partial charge on any atom is -0.486 e. The van der Waals surface area contributed by atoms with Crippen LogP contribution in [0.1, 0.15) is 13.3 Å². The molecule has 33 heavy (non-hydrogen) atoms. The number of methoxy groups -OCH3 is 1. The van der Waals surface area contributed by atoms with Crippen molar-refractivity contribution in [1.29, 1.82) is 0 Å². The Morgan fingerprint density at radius 1 is 1.18 bits per heavy atom. The number of ether oxygens (including phenoxy) is 3. The molecule has 9 nitrogen and oxygen atoms in total. The number of benzene rings is 2. The molecule has 172 valence electrons. The van der Waals surface area contributed by atoms with Crippen LogP contribution in [0.2, 0.25) is 0 Å². The Bertz CT molecular complexity index is 1260. The molecule has 2 aromatic carbocycles. The van der Waals surface area contributed by atoms with Gasteiger partial charge in [-0.1, -0.05) is 23.9 Å². The van der Waals surface area contributed by atoms with Crippen molar-refractivity contribution in [1.82, 2.24) is 9.55 Å². The van der Waals surface area contributed by atoms with Gasteiger partial charge in [-0.05, 0) is 31.2 Å². The predicted octanol–water partition coefficient (Wildman–Crippen LogP) is 2.85. The van der Waals surface area contributed by atoms with Gasteiger partial charge in [0.1, 0.15) is 13.2 Å². The van der Waals surface area contributed by atoms with Gasteiger partial charge in [0.05, 0.1) is 29.7 Å². The fraction of sp³-hybridized carbons (Fsp3) is 0.304. The van der Waals surface area contributed by atoms with Gasteiger partial charge >= 0.3 is 5.97 Å². The van der Waals surface area contributed by atoms with Crippen LogP contribution >= 0.6 is 11.8 Å². The van der Waals surface area contributed by atoms with Gasteiger partial charge in [-0.25, -0.2) is 4.98 Å². The molecule has 1 amide bonds. The Hall–Kier alpha value is -3.53. The van der Waals surface area contributed by atoms with Crippen molar-refractivity contribution in [2.75, 3.05) is 25.6 Å². The molecule has 0 radical (unpaired) electrons. The minimum atomic E-state index is -0.573. The number of rotatable bonds is 7. The molecule has 10 heteroatoms. The topological polar surface area (TPSA) is 109 Å². The smallest absolute Gasteiger partial charge is 0.307 e. The number of nitrogens with one attached hydrogen (secondary N) is 1. The summed E-state index contributed by atoms with van der Waals surface area (Å²) in [5, 5.41) is 3.08. The van der Waals surface area contributed by atoms with Crippen molar-refractivity contribution in [2.24, 2.45) is 0 Å². The average Bonchev–Trinajstić information content (AvgIpc) is 2.83. The van der Waals surface area contributed by atoms with Gasteiger partial charge in [-0.15, -0.1) is 0 Å². The first-order valence-corrected chi connectivity index (χ1v) is 11.3. The summed E-state index contributed by atoms with van der Waals surface area (Å²) in [5.74, 6) is 0.512. The lowest BCUT2D eigenvalue weighted by Gasteiger charge is -2.19. The second-order valence-electron chi connectivity index (χ2n) is 7.30. The molecule has 2 heterocycles. The maximum absolute atomic E-state index is 13.1. The number of amides is 1. The molecule has 0 bridgehead atoms. The lowest BCUT2D eigenvalue weighted by molar-refractivity contribution is -0.140. The number of esters is 1. The molecule has 1 N–H and O–H groups in total. The van der Waals surface area contributed by atoms with Crippen molar-refractivity contribution in [3.63, 3.8) is 0 Å². The third-order valence-electron chi connectivity index (χ3n) is 5.05. The fourth-order valence-electron chi connectivity index (χ4n) is 3.32. The Morgan fingerprint density at radius 2 is 1.94 bits per heavy atom. The molecule has 3 aromatic rings. The molecule has 1 aliphatic heterocycles. The van der Waals surface area contributed by atoms with Crippen molar-refractivity contribution < 1.29 is 23.8 Å². The highest BCUT2D eigenvalue weighted by Crippen LogP contribution is 2.33. The number of aromatic nitrogens is 2. The number of nitrogens with zero attached hydrogens (tertiary/aromatic N) is 2. The lowest BCUT2D eigenvalue weighted by atomic mass is 10.2. The summed E-state index contributed by atoms with van der Waals surface area (Å²) in [4.78, 5) is 42.2. The van der Waals surface area contributed by atoms with E-state index in [0.717, 1.165) is 11.8 Å². The van der Waals surface area contributed by atoms with Crippen LogP contribution in [0.3, 0.4) is 0 Å². The van der Waals surface area contributed by atoms with Gasteiger partial charge in [0.2, 0.25) is 5.91 Å². The Labute approximate surface area is 194 Å². The average molecular weight is 470 g/mol. The van der Waals surface area contributed by atoms with Gasteiger partial charge in [0, 0.05) is 18.3 Å². The quantitative estimate of drug-likeness (QED) is 0.320. The normalized spacial score (nSPS) is 13.4. The Morgan fingerprint density at radius 3 is 2.73 bits per heavy atom. The van der Waals surface area contributed by atoms with Crippen LogP contribution in [-0.2, 0) is 20.9 Å². The van der Waals surface area contributed by atoms with Gasteiger partial charge in [0.25, 0.3) is 5.56 Å². The summed E-state index contributed by atoms with van der Waals surface area (Å²) >= 11 is 1.15. The molecule has 0 unspecified atom stereocenters. The SMILES string of the molecule is COC(=O)CCn1c(S[C@H](C)C(=O)Nc2ccc3c(c2)OCCO3)nc2ccccc2c1=O. The number of fused-ring (bicyclic) bond motifs is 2. The first kappa shape index (κ1) is 22.7. The third kappa shape index (κ3) is 5.11. The van der Waals surface area contributed by atoms with Crippen molar-refractivity contribution in [2.45, 2.75) is 30.3 Å². The number of thioether (sulfide) groups is 1. The van der Waals surface area contributed by atoms with Crippen molar-refractivity contribution >= 4 is 40.2 Å². The van der Waals surface area contributed by atoms with Crippen LogP contribution in [0.15, 0.2) is 52.4 Å². The molecular formula is C23H23N3O6S. The van der Waals surface area contributed by atoms with Gasteiger partial charge in [-0.3, -0.25) is 19.0 Å². The van der Waals surface area contributed by atoms with Crippen LogP contribution in [0.4, 0.5) is 5.69 Å². The molecule has 0 fully saturated rings. The van der Waals surface area contributed by atoms with E-state index in [2.05, 4.69) is 10.3 Å². The highest BCUT2D eigenvalue weighted by molar-refractivity contribution is 8.00. The second-order valence-corrected chi connectivity index (χ2v) is 8.61. The van der Waals surface area contributed by atoms with E-state index in [1.165, 1.54) is 11.7 Å². The number of hydrogen-bond donors (Lipinski definition) is 1. The van der Waals surface area contributed by atoms with Crippen LogP contribution in [0.5, 0.6) is 11.5 Å². The van der Waals surface area contributed by atoms with E-state index in [-0.39, 0.29) is 24.4 Å². The molecular weight excluding hydrogens is 446 g/mol. The highest BCUT2D eigenvalue weighted by atomic mass is 32.2. The summed E-state index contributed by atoms with van der Waals surface area (Å²) < 4.78 is 17.2.